The van der Waals surface area contributed by atoms with Crippen molar-refractivity contribution in [3.63, 3.8) is 0 Å². The Balaban J connectivity index is 2.44. The van der Waals surface area contributed by atoms with Gasteiger partial charge in [0.05, 0.1) is 14.2 Å². The Bertz CT molecular complexity index is 625. The number of hydrogen-bond acceptors (Lipinski definition) is 4. The van der Waals surface area contributed by atoms with E-state index in [1.54, 1.807) is 32.4 Å². The molecule has 0 spiro atoms. The van der Waals surface area contributed by atoms with Crippen LogP contribution in [0.15, 0.2) is 28.9 Å². The lowest BCUT2D eigenvalue weighted by molar-refractivity contribution is -0.115. The zero-order valence-corrected chi connectivity index (χ0v) is 13.0. The average molecular weight is 288 g/mol. The van der Waals surface area contributed by atoms with Crippen LogP contribution in [-0.4, -0.2) is 26.0 Å². The number of nitrogens with zero attached hydrogens (tertiary/aromatic N) is 1. The molecule has 0 bridgehead atoms. The lowest BCUT2D eigenvalue weighted by atomic mass is 9.95. The Hall–Kier alpha value is -2.30. The van der Waals surface area contributed by atoms with Gasteiger partial charge in [-0.3, -0.25) is 4.79 Å². The average Bonchev–Trinajstić information content (AvgIpc) is 2.80. The minimum Gasteiger partial charge on any atom is -0.497 e. The number of methoxy groups -OCH3 is 2. The van der Waals surface area contributed by atoms with Gasteiger partial charge in [0, 0.05) is 11.0 Å². The molecule has 1 N–H and O–H groups in total. The highest BCUT2D eigenvalue weighted by atomic mass is 16.5. The highest BCUT2D eigenvalue weighted by molar-refractivity contribution is 6.15. The van der Waals surface area contributed by atoms with E-state index in [-0.39, 0.29) is 11.3 Å². The molecule has 1 aliphatic heterocycles. The number of ether oxygens (including phenoxy) is 2. The van der Waals surface area contributed by atoms with Crippen LogP contribution in [-0.2, 0) is 4.79 Å². The molecule has 1 heterocycles. The second kappa shape index (κ2) is 5.60. The van der Waals surface area contributed by atoms with Crippen molar-refractivity contribution in [2.45, 2.75) is 20.8 Å². The molecular formula is C16H20N2O3. The lowest BCUT2D eigenvalue weighted by Crippen LogP contribution is -2.34. The summed E-state index contributed by atoms with van der Waals surface area (Å²) in [5.41, 5.74) is 0.913. The monoisotopic (exact) mass is 288 g/mol. The number of benzene rings is 1. The normalized spacial score (nSPS) is 16.7. The van der Waals surface area contributed by atoms with Crippen LogP contribution in [0.1, 0.15) is 26.3 Å². The highest BCUT2D eigenvalue weighted by Crippen LogP contribution is 2.28. The van der Waals surface area contributed by atoms with Crippen molar-refractivity contribution >= 4 is 17.8 Å². The van der Waals surface area contributed by atoms with Gasteiger partial charge in [0.1, 0.15) is 23.0 Å². The van der Waals surface area contributed by atoms with Crippen molar-refractivity contribution < 1.29 is 14.3 Å². The summed E-state index contributed by atoms with van der Waals surface area (Å²) in [6, 6.07) is 5.41. The van der Waals surface area contributed by atoms with Gasteiger partial charge in [-0.25, -0.2) is 4.99 Å². The van der Waals surface area contributed by atoms with Crippen LogP contribution in [0.4, 0.5) is 0 Å². The number of hydrogen-bond donors (Lipinski definition) is 1. The molecule has 0 fully saturated rings. The van der Waals surface area contributed by atoms with Crippen molar-refractivity contribution in [2.24, 2.45) is 10.4 Å². The molecular weight excluding hydrogens is 268 g/mol. The van der Waals surface area contributed by atoms with Gasteiger partial charge in [-0.05, 0) is 24.3 Å². The van der Waals surface area contributed by atoms with E-state index in [1.165, 1.54) is 0 Å². The van der Waals surface area contributed by atoms with Crippen molar-refractivity contribution in [3.05, 3.63) is 29.5 Å². The first-order chi connectivity index (χ1) is 9.85. The van der Waals surface area contributed by atoms with Gasteiger partial charge < -0.3 is 14.8 Å². The van der Waals surface area contributed by atoms with Crippen molar-refractivity contribution in [3.8, 4) is 11.5 Å². The number of carbonyl (C=O) groups is 1. The molecule has 0 radical (unpaired) electrons. The van der Waals surface area contributed by atoms with Gasteiger partial charge in [-0.1, -0.05) is 20.8 Å². The Morgan fingerprint density at radius 1 is 1.19 bits per heavy atom. The van der Waals surface area contributed by atoms with Gasteiger partial charge in [-0.2, -0.15) is 0 Å². The summed E-state index contributed by atoms with van der Waals surface area (Å²) in [6.07, 6.45) is 1.70. The van der Waals surface area contributed by atoms with Crippen molar-refractivity contribution in [1.29, 1.82) is 0 Å². The van der Waals surface area contributed by atoms with E-state index in [0.29, 0.717) is 23.0 Å². The van der Waals surface area contributed by atoms with Crippen LogP contribution in [0.5, 0.6) is 11.5 Å². The number of amides is 1. The van der Waals surface area contributed by atoms with E-state index in [1.807, 2.05) is 26.8 Å². The number of amidine groups is 1. The lowest BCUT2D eigenvalue weighted by Gasteiger charge is -2.16. The first-order valence-corrected chi connectivity index (χ1v) is 6.69. The number of nitrogens with one attached hydrogen (secondary N) is 1. The first kappa shape index (κ1) is 15.1. The summed E-state index contributed by atoms with van der Waals surface area (Å²) in [7, 11) is 3.18. The minimum atomic E-state index is -0.205. The maximum Gasteiger partial charge on any atom is 0.275 e. The molecule has 112 valence electrons. The van der Waals surface area contributed by atoms with E-state index < -0.39 is 0 Å². The van der Waals surface area contributed by atoms with E-state index in [4.69, 9.17) is 9.47 Å². The molecule has 5 nitrogen and oxygen atoms in total. The van der Waals surface area contributed by atoms with Gasteiger partial charge in [-0.15, -0.1) is 0 Å². The van der Waals surface area contributed by atoms with E-state index >= 15 is 0 Å². The minimum absolute atomic E-state index is 0.204. The fraction of sp³-hybridized carbons (Fsp3) is 0.375. The summed E-state index contributed by atoms with van der Waals surface area (Å²) >= 11 is 0. The maximum atomic E-state index is 12.0. The summed E-state index contributed by atoms with van der Waals surface area (Å²) in [6.45, 7) is 6.00. The third-order valence-corrected chi connectivity index (χ3v) is 3.14. The molecule has 2 rings (SSSR count). The van der Waals surface area contributed by atoms with Gasteiger partial charge >= 0.3 is 0 Å². The van der Waals surface area contributed by atoms with Crippen molar-refractivity contribution in [1.82, 2.24) is 5.32 Å². The number of carbonyl (C=O) groups excluding carboxylic acids is 1. The second-order valence-electron chi connectivity index (χ2n) is 5.80. The summed E-state index contributed by atoms with van der Waals surface area (Å²) in [5, 5.41) is 2.80. The van der Waals surface area contributed by atoms with E-state index in [0.717, 1.165) is 5.56 Å². The molecule has 0 saturated heterocycles. The van der Waals surface area contributed by atoms with E-state index in [2.05, 4.69) is 10.3 Å². The van der Waals surface area contributed by atoms with Crippen LogP contribution in [0.25, 0.3) is 6.08 Å². The quantitative estimate of drug-likeness (QED) is 0.870. The number of aliphatic imine (C=N–C) groups is 1. The summed E-state index contributed by atoms with van der Waals surface area (Å²) in [4.78, 5) is 16.4. The third-order valence-electron chi connectivity index (χ3n) is 3.14. The van der Waals surface area contributed by atoms with Crippen LogP contribution >= 0.6 is 0 Å². The second-order valence-corrected chi connectivity index (χ2v) is 5.80. The smallest absolute Gasteiger partial charge is 0.275 e. The topological polar surface area (TPSA) is 59.9 Å². The zero-order valence-electron chi connectivity index (χ0n) is 13.0. The first-order valence-electron chi connectivity index (χ1n) is 6.69. The van der Waals surface area contributed by atoms with Crippen molar-refractivity contribution in [2.75, 3.05) is 14.2 Å². The van der Waals surface area contributed by atoms with Crippen LogP contribution in [0, 0.1) is 5.41 Å². The standard InChI is InChI=1S/C16H20N2O3/c1-16(2,3)15-17-12(14(19)18-15)9-10-8-11(20-4)6-7-13(10)21-5/h6-9H,1-5H3,(H,17,18,19)/b12-9-. The van der Waals surface area contributed by atoms with Crippen LogP contribution in [0.3, 0.4) is 0 Å². The molecule has 21 heavy (non-hydrogen) atoms. The molecule has 1 amide bonds. The highest BCUT2D eigenvalue weighted by Gasteiger charge is 2.28. The van der Waals surface area contributed by atoms with E-state index in [9.17, 15) is 4.79 Å². The molecule has 0 saturated carbocycles. The van der Waals surface area contributed by atoms with Gasteiger partial charge in [0.2, 0.25) is 0 Å². The molecule has 0 unspecified atom stereocenters. The van der Waals surface area contributed by atoms with Crippen LogP contribution < -0.4 is 14.8 Å². The predicted molar refractivity (Wildman–Crippen MR) is 82.6 cm³/mol. The maximum absolute atomic E-state index is 12.0. The Kier molecular flexibility index (Phi) is 4.02. The molecule has 0 aromatic heterocycles. The van der Waals surface area contributed by atoms with Gasteiger partial charge in [0.25, 0.3) is 5.91 Å². The fourth-order valence-corrected chi connectivity index (χ4v) is 1.92. The molecule has 1 aromatic rings. The Morgan fingerprint density at radius 2 is 1.90 bits per heavy atom. The number of rotatable bonds is 3. The summed E-state index contributed by atoms with van der Waals surface area (Å²) < 4.78 is 10.5. The Morgan fingerprint density at radius 3 is 2.43 bits per heavy atom. The Labute approximate surface area is 124 Å². The SMILES string of the molecule is COc1ccc(OC)c(/C=C2\N=C(C(C)(C)C)NC2=O)c1. The molecule has 5 heteroatoms. The predicted octanol–water partition coefficient (Wildman–Crippen LogP) is 2.62. The largest absolute Gasteiger partial charge is 0.497 e. The third kappa shape index (κ3) is 3.24. The summed E-state index contributed by atoms with van der Waals surface area (Å²) in [5.74, 6) is 1.82. The van der Waals surface area contributed by atoms with Gasteiger partial charge in [0.15, 0.2) is 0 Å². The molecule has 1 aromatic carbocycles. The molecule has 1 aliphatic rings. The molecule has 0 aliphatic carbocycles. The fourth-order valence-electron chi connectivity index (χ4n) is 1.92. The molecule has 0 atom stereocenters. The van der Waals surface area contributed by atoms with Crippen LogP contribution in [0.2, 0.25) is 0 Å². The zero-order chi connectivity index (χ0) is 15.6.